The number of imidazole rings is 1. The van der Waals surface area contributed by atoms with E-state index in [2.05, 4.69) is 9.97 Å². The number of H-pyrrole nitrogens is 1. The van der Waals surface area contributed by atoms with Gasteiger partial charge in [0.2, 0.25) is 0 Å². The molecule has 0 saturated heterocycles. The normalized spacial score (nSPS) is 16.9. The molecule has 1 heterocycles. The highest BCUT2D eigenvalue weighted by Gasteiger charge is 2.33. The van der Waals surface area contributed by atoms with E-state index in [1.165, 1.54) is 6.33 Å². The molecular formula is C12H21N3O9. The molecular weight excluding hydrogens is 330 g/mol. The first kappa shape index (κ1) is 21.9. The third kappa shape index (κ3) is 7.45. The number of nitrogens with zero attached hydrogens (tertiary/aromatic N) is 1. The molecule has 0 aliphatic rings. The van der Waals surface area contributed by atoms with Gasteiger partial charge in [-0.15, -0.1) is 0 Å². The van der Waals surface area contributed by atoms with Gasteiger partial charge in [-0.05, 0) is 0 Å². The van der Waals surface area contributed by atoms with E-state index >= 15 is 0 Å². The van der Waals surface area contributed by atoms with Crippen molar-refractivity contribution in [2.45, 2.75) is 36.9 Å². The van der Waals surface area contributed by atoms with Crippen LogP contribution < -0.4 is 5.73 Å². The third-order valence-electron chi connectivity index (χ3n) is 2.81. The van der Waals surface area contributed by atoms with Crippen LogP contribution in [0.5, 0.6) is 0 Å². The van der Waals surface area contributed by atoms with Gasteiger partial charge in [-0.2, -0.15) is 0 Å². The summed E-state index contributed by atoms with van der Waals surface area (Å²) in [5.74, 6) is -2.73. The van der Waals surface area contributed by atoms with E-state index in [4.69, 9.17) is 41.5 Å². The number of carbonyl (C=O) groups is 2. The highest BCUT2D eigenvalue weighted by Crippen LogP contribution is 2.04. The van der Waals surface area contributed by atoms with Crippen molar-refractivity contribution in [2.75, 3.05) is 6.61 Å². The number of carboxylic acid groups (broad SMARTS) is 2. The van der Waals surface area contributed by atoms with Crippen molar-refractivity contribution in [3.8, 4) is 0 Å². The van der Waals surface area contributed by atoms with Gasteiger partial charge in [0.05, 0.1) is 18.6 Å². The molecule has 5 atom stereocenters. The standard InChI is InChI=1S/C6H9N3O2.C6H12O7/c7-5(6(10)11)1-4-2-8-3-9-4;7-1-2(8)3(9)4(10)5(11)6(12)13/h2-3,5H,1,7H2,(H,8,9)(H,10,11);2-5,7-11H,1H2,(H,12,13)/t;2-,3-,4+,5-/m.1/s1. The van der Waals surface area contributed by atoms with Crippen LogP contribution in [0.25, 0.3) is 0 Å². The molecule has 0 amide bonds. The fraction of sp³-hybridized carbons (Fsp3) is 0.583. The van der Waals surface area contributed by atoms with E-state index in [9.17, 15) is 9.59 Å². The first-order chi connectivity index (χ1) is 11.1. The Morgan fingerprint density at radius 3 is 2.08 bits per heavy atom. The third-order valence-corrected chi connectivity index (χ3v) is 2.81. The van der Waals surface area contributed by atoms with Gasteiger partial charge in [-0.3, -0.25) is 4.79 Å². The fourth-order valence-corrected chi connectivity index (χ4v) is 1.38. The van der Waals surface area contributed by atoms with Crippen molar-refractivity contribution < 1.29 is 45.3 Å². The minimum Gasteiger partial charge on any atom is -0.480 e. The van der Waals surface area contributed by atoms with Crippen LogP contribution in [0.3, 0.4) is 0 Å². The van der Waals surface area contributed by atoms with Gasteiger partial charge >= 0.3 is 11.9 Å². The van der Waals surface area contributed by atoms with Crippen LogP contribution in [0.1, 0.15) is 5.69 Å². The number of hydrogen-bond donors (Lipinski definition) is 9. The Morgan fingerprint density at radius 1 is 1.12 bits per heavy atom. The summed E-state index contributed by atoms with van der Waals surface area (Å²) in [4.78, 5) is 26.9. The van der Waals surface area contributed by atoms with Crippen LogP contribution in [0.2, 0.25) is 0 Å². The molecule has 0 aliphatic heterocycles. The predicted octanol–water partition coefficient (Wildman–Crippen LogP) is -4.13. The second-order valence-corrected chi connectivity index (χ2v) is 4.72. The molecule has 138 valence electrons. The zero-order valence-corrected chi connectivity index (χ0v) is 12.4. The Kier molecular flexibility index (Phi) is 9.71. The SMILES string of the molecule is NC(Cc1c[nH]cn1)C(=O)O.O=C(O)[C@H](O)[C@@H](O)[C@H](O)[C@H](O)CO. The summed E-state index contributed by atoms with van der Waals surface area (Å²) >= 11 is 0. The molecule has 1 unspecified atom stereocenters. The molecule has 1 aromatic rings. The fourth-order valence-electron chi connectivity index (χ4n) is 1.38. The second kappa shape index (κ2) is 10.6. The van der Waals surface area contributed by atoms with Gasteiger partial charge in [0.15, 0.2) is 6.10 Å². The molecule has 0 aliphatic carbocycles. The molecule has 0 aromatic carbocycles. The summed E-state index contributed by atoms with van der Waals surface area (Å²) in [5.41, 5.74) is 5.92. The number of nitrogens with one attached hydrogen (secondary N) is 1. The van der Waals surface area contributed by atoms with E-state index in [1.54, 1.807) is 6.20 Å². The van der Waals surface area contributed by atoms with Crippen LogP contribution in [0, 0.1) is 0 Å². The molecule has 12 nitrogen and oxygen atoms in total. The monoisotopic (exact) mass is 351 g/mol. The van der Waals surface area contributed by atoms with E-state index in [-0.39, 0.29) is 6.42 Å². The first-order valence-corrected chi connectivity index (χ1v) is 6.63. The van der Waals surface area contributed by atoms with Gasteiger partial charge in [0, 0.05) is 12.6 Å². The van der Waals surface area contributed by atoms with Gasteiger partial charge in [-0.25, -0.2) is 9.78 Å². The van der Waals surface area contributed by atoms with Gasteiger partial charge in [-0.1, -0.05) is 0 Å². The van der Waals surface area contributed by atoms with Crippen LogP contribution in [-0.4, -0.2) is 94.7 Å². The smallest absolute Gasteiger partial charge is 0.335 e. The number of nitrogens with two attached hydrogens (primary N) is 1. The molecule has 1 rings (SSSR count). The largest absolute Gasteiger partial charge is 0.480 e. The van der Waals surface area contributed by atoms with Crippen molar-refractivity contribution in [3.63, 3.8) is 0 Å². The molecule has 0 spiro atoms. The Labute approximate surface area is 135 Å². The first-order valence-electron chi connectivity index (χ1n) is 6.63. The number of aromatic nitrogens is 2. The Morgan fingerprint density at radius 2 is 1.71 bits per heavy atom. The number of aliphatic hydroxyl groups is 5. The number of carboxylic acids is 2. The molecule has 0 radical (unpaired) electrons. The zero-order valence-electron chi connectivity index (χ0n) is 12.4. The highest BCUT2D eigenvalue weighted by molar-refractivity contribution is 5.73. The van der Waals surface area contributed by atoms with Crippen molar-refractivity contribution in [2.24, 2.45) is 5.73 Å². The maximum Gasteiger partial charge on any atom is 0.335 e. The Balaban J connectivity index is 0.000000446. The van der Waals surface area contributed by atoms with Crippen molar-refractivity contribution >= 4 is 11.9 Å². The van der Waals surface area contributed by atoms with Crippen LogP contribution in [-0.2, 0) is 16.0 Å². The lowest BCUT2D eigenvalue weighted by Gasteiger charge is -2.23. The highest BCUT2D eigenvalue weighted by atomic mass is 16.4. The number of hydrogen-bond acceptors (Lipinski definition) is 9. The van der Waals surface area contributed by atoms with Crippen molar-refractivity contribution in [1.82, 2.24) is 9.97 Å². The summed E-state index contributed by atoms with van der Waals surface area (Å²) in [6.07, 6.45) is -4.46. The van der Waals surface area contributed by atoms with Gasteiger partial charge < -0.3 is 46.5 Å². The molecule has 24 heavy (non-hydrogen) atoms. The lowest BCUT2D eigenvalue weighted by molar-refractivity contribution is -0.164. The predicted molar refractivity (Wildman–Crippen MR) is 76.7 cm³/mol. The number of aliphatic hydroxyl groups excluding tert-OH is 5. The Hall–Kier alpha value is -2.09. The minimum atomic E-state index is -2.20. The lowest BCUT2D eigenvalue weighted by atomic mass is 10.0. The van der Waals surface area contributed by atoms with Crippen LogP contribution in [0.4, 0.5) is 0 Å². The lowest BCUT2D eigenvalue weighted by Crippen LogP contribution is -2.48. The molecule has 10 N–H and O–H groups in total. The van der Waals surface area contributed by atoms with Crippen LogP contribution >= 0.6 is 0 Å². The molecule has 0 saturated carbocycles. The summed E-state index contributed by atoms with van der Waals surface area (Å²) in [6, 6.07) is -0.863. The van der Waals surface area contributed by atoms with Gasteiger partial charge in [0.25, 0.3) is 0 Å². The molecule has 0 bridgehead atoms. The second-order valence-electron chi connectivity index (χ2n) is 4.72. The topological polar surface area (TPSA) is 230 Å². The summed E-state index contributed by atoms with van der Waals surface area (Å²) < 4.78 is 0. The summed E-state index contributed by atoms with van der Waals surface area (Å²) in [6.45, 7) is -0.843. The van der Waals surface area contributed by atoms with E-state index in [0.717, 1.165) is 0 Å². The Bertz CT molecular complexity index is 496. The van der Waals surface area contributed by atoms with E-state index < -0.39 is 49.0 Å². The van der Waals surface area contributed by atoms with Crippen molar-refractivity contribution in [3.05, 3.63) is 18.2 Å². The number of aromatic amines is 1. The summed E-state index contributed by atoms with van der Waals surface area (Å²) in [7, 11) is 0. The number of aliphatic carboxylic acids is 2. The molecule has 12 heteroatoms. The number of rotatable bonds is 8. The van der Waals surface area contributed by atoms with Crippen molar-refractivity contribution in [1.29, 1.82) is 0 Å². The maximum absolute atomic E-state index is 10.3. The van der Waals surface area contributed by atoms with Crippen LogP contribution in [0.15, 0.2) is 12.5 Å². The molecule has 0 fully saturated rings. The van der Waals surface area contributed by atoms with E-state index in [1.807, 2.05) is 0 Å². The average molecular weight is 351 g/mol. The minimum absolute atomic E-state index is 0.263. The average Bonchev–Trinajstić information content (AvgIpc) is 3.05. The van der Waals surface area contributed by atoms with E-state index in [0.29, 0.717) is 5.69 Å². The summed E-state index contributed by atoms with van der Waals surface area (Å²) in [5, 5.41) is 60.2. The molecule has 1 aromatic heterocycles. The quantitative estimate of drug-likeness (QED) is 0.218. The maximum atomic E-state index is 10.3. The van der Waals surface area contributed by atoms with Gasteiger partial charge in [0.1, 0.15) is 24.4 Å². The zero-order chi connectivity index (χ0) is 18.9.